The van der Waals surface area contributed by atoms with E-state index in [1.165, 1.54) is 4.90 Å². The highest BCUT2D eigenvalue weighted by Gasteiger charge is 2.20. The van der Waals surface area contributed by atoms with Gasteiger partial charge in [0, 0.05) is 19.7 Å². The number of nitrogens with one attached hydrogen (secondary N) is 2. The summed E-state index contributed by atoms with van der Waals surface area (Å²) in [6, 6.07) is 1.65. The van der Waals surface area contributed by atoms with Crippen molar-refractivity contribution in [3.63, 3.8) is 0 Å². The van der Waals surface area contributed by atoms with E-state index >= 15 is 0 Å². The molecule has 1 aliphatic rings. The zero-order chi connectivity index (χ0) is 19.8. The lowest BCUT2D eigenvalue weighted by Gasteiger charge is -2.22. The van der Waals surface area contributed by atoms with E-state index in [-0.39, 0.29) is 37.5 Å². The van der Waals surface area contributed by atoms with E-state index < -0.39 is 29.0 Å². The summed E-state index contributed by atoms with van der Waals surface area (Å²) in [5, 5.41) is 5.18. The lowest BCUT2D eigenvalue weighted by Crippen LogP contribution is -2.44. The predicted octanol–water partition coefficient (Wildman–Crippen LogP) is 2.47. The highest BCUT2D eigenvalue weighted by molar-refractivity contribution is 5.94. The van der Waals surface area contributed by atoms with Crippen molar-refractivity contribution in [2.24, 2.45) is 0 Å². The lowest BCUT2D eigenvalue weighted by molar-refractivity contribution is -0.134. The number of nitrogens with zero attached hydrogens (tertiary/aromatic N) is 1. The zero-order valence-corrected chi connectivity index (χ0v) is 16.4. The van der Waals surface area contributed by atoms with Gasteiger partial charge in [0.1, 0.15) is 0 Å². The maximum absolute atomic E-state index is 13.6. The first kappa shape index (κ1) is 24.2. The van der Waals surface area contributed by atoms with Crippen LogP contribution in [0.25, 0.3) is 0 Å². The minimum Gasteiger partial charge on any atom is -0.377 e. The van der Waals surface area contributed by atoms with Crippen LogP contribution in [-0.4, -0.2) is 55.6 Å². The standard InChI is InChI=1S/C18H24F3N3O3.ClH/c1-2-7-24(16(26)10-22-9-12-4-3-8-27-12)11-15(25)23-14-6-5-13(19)17(20)18(14)21;/h5-6,12,22H,2-4,7-11H2,1H3,(H,23,25);1H. The number of halogens is 4. The van der Waals surface area contributed by atoms with Crippen LogP contribution in [0.3, 0.4) is 0 Å². The van der Waals surface area contributed by atoms with Crippen molar-refractivity contribution < 1.29 is 27.5 Å². The number of anilines is 1. The van der Waals surface area contributed by atoms with Crippen LogP contribution >= 0.6 is 12.4 Å². The van der Waals surface area contributed by atoms with Crippen molar-refractivity contribution >= 4 is 29.9 Å². The fraction of sp³-hybridized carbons (Fsp3) is 0.556. The molecule has 1 aliphatic heterocycles. The Balaban J connectivity index is 0.00000392. The number of carbonyl (C=O) groups is 2. The average molecular weight is 424 g/mol. The number of hydrogen-bond donors (Lipinski definition) is 2. The molecule has 1 saturated heterocycles. The molecule has 0 aromatic heterocycles. The molecule has 1 aromatic rings. The fourth-order valence-electron chi connectivity index (χ4n) is 2.80. The molecule has 10 heteroatoms. The monoisotopic (exact) mass is 423 g/mol. The third kappa shape index (κ3) is 6.96. The minimum atomic E-state index is -1.66. The van der Waals surface area contributed by atoms with Gasteiger partial charge in [-0.15, -0.1) is 12.4 Å². The normalized spacial score (nSPS) is 15.8. The van der Waals surface area contributed by atoms with Crippen LogP contribution in [0.4, 0.5) is 18.9 Å². The number of benzene rings is 1. The lowest BCUT2D eigenvalue weighted by atomic mass is 10.2. The van der Waals surface area contributed by atoms with Crippen LogP contribution in [0, 0.1) is 17.5 Å². The Kier molecular flexibility index (Phi) is 10.3. The molecule has 1 unspecified atom stereocenters. The summed E-state index contributed by atoms with van der Waals surface area (Å²) in [5.41, 5.74) is -0.473. The summed E-state index contributed by atoms with van der Waals surface area (Å²) in [4.78, 5) is 25.8. The molecular weight excluding hydrogens is 399 g/mol. The fourth-order valence-corrected chi connectivity index (χ4v) is 2.80. The molecule has 1 fully saturated rings. The van der Waals surface area contributed by atoms with Gasteiger partial charge in [-0.25, -0.2) is 13.2 Å². The van der Waals surface area contributed by atoms with E-state index in [1.807, 2.05) is 6.92 Å². The van der Waals surface area contributed by atoms with Gasteiger partial charge in [-0.2, -0.15) is 0 Å². The molecule has 1 atom stereocenters. The van der Waals surface area contributed by atoms with Gasteiger partial charge in [-0.3, -0.25) is 9.59 Å². The first-order valence-corrected chi connectivity index (χ1v) is 8.95. The summed E-state index contributed by atoms with van der Waals surface area (Å²) >= 11 is 0. The maximum Gasteiger partial charge on any atom is 0.244 e. The largest absolute Gasteiger partial charge is 0.377 e. The summed E-state index contributed by atoms with van der Waals surface area (Å²) < 4.78 is 45.3. The second kappa shape index (κ2) is 11.9. The van der Waals surface area contributed by atoms with Gasteiger partial charge in [-0.1, -0.05) is 6.92 Å². The van der Waals surface area contributed by atoms with Gasteiger partial charge >= 0.3 is 0 Å². The molecule has 0 aliphatic carbocycles. The van der Waals surface area contributed by atoms with Gasteiger partial charge in [0.25, 0.3) is 0 Å². The minimum absolute atomic E-state index is 0. The summed E-state index contributed by atoms with van der Waals surface area (Å²) in [6.07, 6.45) is 2.67. The van der Waals surface area contributed by atoms with E-state index in [2.05, 4.69) is 10.6 Å². The van der Waals surface area contributed by atoms with E-state index in [0.717, 1.165) is 31.6 Å². The number of hydrogen-bond acceptors (Lipinski definition) is 4. The van der Waals surface area contributed by atoms with Gasteiger partial charge in [-0.05, 0) is 31.4 Å². The molecule has 158 valence electrons. The molecule has 1 aromatic carbocycles. The summed E-state index contributed by atoms with van der Waals surface area (Å²) in [5.74, 6) is -5.45. The van der Waals surface area contributed by atoms with Gasteiger partial charge in [0.2, 0.25) is 11.8 Å². The molecule has 2 rings (SSSR count). The SMILES string of the molecule is CCCN(CC(=O)Nc1ccc(F)c(F)c1F)C(=O)CNCC1CCCO1.Cl. The van der Waals surface area contributed by atoms with Crippen LogP contribution in [0.15, 0.2) is 12.1 Å². The van der Waals surface area contributed by atoms with Crippen molar-refractivity contribution in [1.29, 1.82) is 0 Å². The number of ether oxygens (including phenoxy) is 1. The van der Waals surface area contributed by atoms with Gasteiger partial charge in [0.05, 0.1) is 24.9 Å². The first-order valence-electron chi connectivity index (χ1n) is 8.95. The Morgan fingerprint density at radius 2 is 2.00 bits per heavy atom. The van der Waals surface area contributed by atoms with Crippen LogP contribution in [0.1, 0.15) is 26.2 Å². The third-order valence-electron chi connectivity index (χ3n) is 4.16. The topological polar surface area (TPSA) is 70.7 Å². The first-order chi connectivity index (χ1) is 12.9. The molecule has 1 heterocycles. The van der Waals surface area contributed by atoms with Gasteiger partial charge in [0.15, 0.2) is 17.5 Å². The highest BCUT2D eigenvalue weighted by atomic mass is 35.5. The van der Waals surface area contributed by atoms with Crippen molar-refractivity contribution in [1.82, 2.24) is 10.2 Å². The molecule has 2 N–H and O–H groups in total. The second-order valence-electron chi connectivity index (χ2n) is 6.35. The number of carbonyl (C=O) groups excluding carboxylic acids is 2. The molecule has 0 spiro atoms. The van der Waals surface area contributed by atoms with Crippen molar-refractivity contribution in [3.8, 4) is 0 Å². The van der Waals surface area contributed by atoms with Crippen molar-refractivity contribution in [2.75, 3.05) is 38.1 Å². The summed E-state index contributed by atoms with van der Waals surface area (Å²) in [6.45, 7) is 3.21. The molecule has 6 nitrogen and oxygen atoms in total. The van der Waals surface area contributed by atoms with Crippen LogP contribution in [-0.2, 0) is 14.3 Å². The molecule has 28 heavy (non-hydrogen) atoms. The van der Waals surface area contributed by atoms with Crippen LogP contribution < -0.4 is 10.6 Å². The Labute approximate surface area is 168 Å². The second-order valence-corrected chi connectivity index (χ2v) is 6.35. The van der Waals surface area contributed by atoms with Crippen molar-refractivity contribution in [3.05, 3.63) is 29.6 Å². The van der Waals surface area contributed by atoms with Gasteiger partial charge < -0.3 is 20.3 Å². The maximum atomic E-state index is 13.6. The molecule has 2 amide bonds. The van der Waals surface area contributed by atoms with Crippen molar-refractivity contribution in [2.45, 2.75) is 32.3 Å². The van der Waals surface area contributed by atoms with E-state index in [4.69, 9.17) is 4.74 Å². The van der Waals surface area contributed by atoms with E-state index in [1.54, 1.807) is 0 Å². The Hall–Kier alpha value is -1.84. The molecule has 0 bridgehead atoms. The van der Waals surface area contributed by atoms with E-state index in [9.17, 15) is 22.8 Å². The Morgan fingerprint density at radius 1 is 1.25 bits per heavy atom. The zero-order valence-electron chi connectivity index (χ0n) is 15.6. The smallest absolute Gasteiger partial charge is 0.244 e. The number of rotatable bonds is 9. The van der Waals surface area contributed by atoms with E-state index in [0.29, 0.717) is 19.5 Å². The third-order valence-corrected chi connectivity index (χ3v) is 4.16. The Morgan fingerprint density at radius 3 is 2.64 bits per heavy atom. The average Bonchev–Trinajstić information content (AvgIpc) is 3.15. The Bertz CT molecular complexity index is 673. The summed E-state index contributed by atoms with van der Waals surface area (Å²) in [7, 11) is 0. The van der Waals surface area contributed by atoms with Crippen LogP contribution in [0.5, 0.6) is 0 Å². The molecule has 0 saturated carbocycles. The highest BCUT2D eigenvalue weighted by Crippen LogP contribution is 2.19. The molecule has 0 radical (unpaired) electrons. The quantitative estimate of drug-likeness (QED) is 0.599. The number of amides is 2. The molecular formula is C18H25ClF3N3O3. The predicted molar refractivity (Wildman–Crippen MR) is 101 cm³/mol. The van der Waals surface area contributed by atoms with Crippen LogP contribution in [0.2, 0.25) is 0 Å².